The second-order valence-corrected chi connectivity index (χ2v) is 8.52. The van der Waals surface area contributed by atoms with Gasteiger partial charge in [-0.2, -0.15) is 0 Å². The molecule has 2 rings (SSSR count). The van der Waals surface area contributed by atoms with E-state index in [-0.39, 0.29) is 10.8 Å². The number of benzene rings is 1. The van der Waals surface area contributed by atoms with E-state index in [2.05, 4.69) is 33.0 Å². The van der Waals surface area contributed by atoms with Crippen molar-refractivity contribution in [3.63, 3.8) is 0 Å². The van der Waals surface area contributed by atoms with Gasteiger partial charge >= 0.3 is 0 Å². The Labute approximate surface area is 130 Å². The zero-order chi connectivity index (χ0) is 14.9. The molecule has 1 unspecified atom stereocenters. The van der Waals surface area contributed by atoms with Crippen molar-refractivity contribution >= 4 is 26.9 Å². The molecule has 1 aromatic carbocycles. The molecule has 0 saturated heterocycles. The van der Waals surface area contributed by atoms with E-state index in [4.69, 9.17) is 4.74 Å². The van der Waals surface area contributed by atoms with Crippen LogP contribution >= 0.6 is 15.9 Å². The summed E-state index contributed by atoms with van der Waals surface area (Å²) >= 11 is 3.46. The maximum atomic E-state index is 12.4. The molecule has 0 aliphatic carbocycles. The first kappa shape index (κ1) is 15.5. The molecule has 108 valence electrons. The van der Waals surface area contributed by atoms with Crippen molar-refractivity contribution in [3.8, 4) is 5.75 Å². The van der Waals surface area contributed by atoms with Crippen LogP contribution in [0.25, 0.3) is 0 Å². The molecule has 0 fully saturated rings. The summed E-state index contributed by atoms with van der Waals surface area (Å²) in [7, 11) is -1.18. The Bertz CT molecular complexity index is 600. The van der Waals surface area contributed by atoms with E-state index in [1.807, 2.05) is 39.0 Å². The summed E-state index contributed by atoms with van der Waals surface area (Å²) in [5.74, 6) is 0.801. The molecule has 1 aliphatic rings. The minimum absolute atomic E-state index is 0.186. The molecule has 1 heterocycles. The number of hydrogen-bond acceptors (Lipinski definition) is 2. The van der Waals surface area contributed by atoms with Crippen LogP contribution in [0.1, 0.15) is 32.4 Å². The summed E-state index contributed by atoms with van der Waals surface area (Å²) in [5, 5.41) is 0. The van der Waals surface area contributed by atoms with Gasteiger partial charge in [0.1, 0.15) is 12.4 Å². The average molecular weight is 356 g/mol. The molecule has 0 saturated carbocycles. The van der Waals surface area contributed by atoms with Crippen LogP contribution in [0.3, 0.4) is 0 Å². The highest BCUT2D eigenvalue weighted by molar-refractivity contribution is 9.10. The molecule has 0 amide bonds. The number of ether oxygens (including phenoxy) is 1. The van der Waals surface area contributed by atoms with Crippen LogP contribution in [0.4, 0.5) is 0 Å². The summed E-state index contributed by atoms with van der Waals surface area (Å²) < 4.78 is 21.9. The molecule has 1 N–H and O–H groups in total. The predicted octanol–water partition coefficient (Wildman–Crippen LogP) is 3.65. The molecule has 3 nitrogen and oxygen atoms in total. The highest BCUT2D eigenvalue weighted by Crippen LogP contribution is 2.37. The fourth-order valence-electron chi connectivity index (χ4n) is 1.87. The highest BCUT2D eigenvalue weighted by Gasteiger charge is 2.30. The number of fused-ring (bicyclic) bond motifs is 1. The summed E-state index contributed by atoms with van der Waals surface area (Å²) in [5.41, 5.74) is 4.72. The fraction of sp³-hybridized carbons (Fsp3) is 0.400. The SMILES string of the molecule is C=C=C1COc2ccc(Br)cc2[C@H]1NS(=O)C(C)(C)C. The second kappa shape index (κ2) is 5.86. The lowest BCUT2D eigenvalue weighted by Gasteiger charge is -2.30. The molecule has 0 bridgehead atoms. The lowest BCUT2D eigenvalue weighted by molar-refractivity contribution is 0.316. The van der Waals surface area contributed by atoms with Gasteiger partial charge in [0.15, 0.2) is 0 Å². The highest BCUT2D eigenvalue weighted by atomic mass is 79.9. The molecule has 2 atom stereocenters. The Kier molecular flexibility index (Phi) is 4.55. The monoisotopic (exact) mass is 355 g/mol. The number of nitrogens with one attached hydrogen (secondary N) is 1. The van der Waals surface area contributed by atoms with Crippen molar-refractivity contribution < 1.29 is 8.95 Å². The van der Waals surface area contributed by atoms with Crippen molar-refractivity contribution in [2.45, 2.75) is 31.6 Å². The third-order valence-corrected chi connectivity index (χ3v) is 5.08. The summed E-state index contributed by atoms with van der Waals surface area (Å²) in [6.45, 7) is 9.94. The molecule has 20 heavy (non-hydrogen) atoms. The largest absolute Gasteiger partial charge is 0.488 e. The number of hydrogen-bond donors (Lipinski definition) is 1. The van der Waals surface area contributed by atoms with Crippen molar-refractivity contribution in [2.24, 2.45) is 0 Å². The predicted molar refractivity (Wildman–Crippen MR) is 86.1 cm³/mol. The Morgan fingerprint density at radius 2 is 2.20 bits per heavy atom. The first-order chi connectivity index (χ1) is 9.32. The topological polar surface area (TPSA) is 38.3 Å². The third-order valence-electron chi connectivity index (χ3n) is 3.02. The van der Waals surface area contributed by atoms with Gasteiger partial charge in [-0.15, -0.1) is 5.73 Å². The summed E-state index contributed by atoms with van der Waals surface area (Å²) in [6.07, 6.45) is 0. The number of halogens is 1. The molecule has 0 aromatic heterocycles. The average Bonchev–Trinajstić information content (AvgIpc) is 2.38. The molecule has 0 spiro atoms. The van der Waals surface area contributed by atoms with Gasteiger partial charge in [-0.3, -0.25) is 0 Å². The molecular formula is C15H18BrNO2S. The van der Waals surface area contributed by atoms with E-state index in [9.17, 15) is 4.21 Å². The van der Waals surface area contributed by atoms with Gasteiger partial charge in [0.2, 0.25) is 0 Å². The van der Waals surface area contributed by atoms with Gasteiger partial charge in [-0.25, -0.2) is 8.93 Å². The Balaban J connectivity index is 2.41. The van der Waals surface area contributed by atoms with Crippen molar-refractivity contribution in [1.29, 1.82) is 0 Å². The Hall–Kier alpha value is -0.870. The Morgan fingerprint density at radius 1 is 1.50 bits per heavy atom. The maximum absolute atomic E-state index is 12.4. The second-order valence-electron chi connectivity index (χ2n) is 5.60. The van der Waals surface area contributed by atoms with E-state index in [1.54, 1.807) is 0 Å². The minimum atomic E-state index is -1.18. The van der Waals surface area contributed by atoms with Crippen molar-refractivity contribution in [2.75, 3.05) is 6.61 Å². The van der Waals surface area contributed by atoms with Crippen LogP contribution in [0.15, 0.2) is 40.6 Å². The van der Waals surface area contributed by atoms with E-state index >= 15 is 0 Å². The van der Waals surface area contributed by atoms with Gasteiger partial charge < -0.3 is 4.74 Å². The standard InChI is InChI=1S/C15H18BrNO2S/c1-5-10-9-19-13-7-6-11(16)8-12(13)14(10)17-20(18)15(2,3)4/h6-8,14,17H,1,9H2,2-4H3/t14-,20?/m0/s1. The van der Waals surface area contributed by atoms with E-state index in [0.717, 1.165) is 21.4 Å². The van der Waals surface area contributed by atoms with Gasteiger partial charge in [0, 0.05) is 15.6 Å². The van der Waals surface area contributed by atoms with Crippen molar-refractivity contribution in [3.05, 3.63) is 46.1 Å². The van der Waals surface area contributed by atoms with E-state index < -0.39 is 11.0 Å². The smallest absolute Gasteiger partial charge is 0.125 e. The van der Waals surface area contributed by atoms with Crippen molar-refractivity contribution in [1.82, 2.24) is 4.72 Å². The van der Waals surface area contributed by atoms with E-state index in [0.29, 0.717) is 6.61 Å². The van der Waals surface area contributed by atoms with Crippen LogP contribution in [0.5, 0.6) is 5.75 Å². The summed E-state index contributed by atoms with van der Waals surface area (Å²) in [6, 6.07) is 5.63. The summed E-state index contributed by atoms with van der Waals surface area (Å²) in [4.78, 5) is 0. The molecule has 1 aliphatic heterocycles. The van der Waals surface area contributed by atoms with Crippen LogP contribution in [0.2, 0.25) is 0 Å². The normalized spacial score (nSPS) is 19.8. The minimum Gasteiger partial charge on any atom is -0.488 e. The zero-order valence-corrected chi connectivity index (χ0v) is 14.2. The van der Waals surface area contributed by atoms with E-state index in [1.165, 1.54) is 0 Å². The van der Waals surface area contributed by atoms with Gasteiger partial charge in [-0.1, -0.05) is 22.5 Å². The third kappa shape index (κ3) is 3.23. The lowest BCUT2D eigenvalue weighted by Crippen LogP contribution is -2.38. The molecular weight excluding hydrogens is 338 g/mol. The first-order valence-electron chi connectivity index (χ1n) is 6.32. The van der Waals surface area contributed by atoms with Crippen LogP contribution in [-0.2, 0) is 11.0 Å². The van der Waals surface area contributed by atoms with Crippen LogP contribution in [-0.4, -0.2) is 15.6 Å². The van der Waals surface area contributed by atoms with Gasteiger partial charge in [0.25, 0.3) is 0 Å². The molecule has 0 radical (unpaired) electrons. The lowest BCUT2D eigenvalue weighted by atomic mass is 9.97. The number of rotatable bonds is 2. The first-order valence-corrected chi connectivity index (χ1v) is 8.26. The fourth-order valence-corrected chi connectivity index (χ4v) is 3.09. The van der Waals surface area contributed by atoms with Crippen LogP contribution in [0, 0.1) is 0 Å². The molecule has 5 heteroatoms. The van der Waals surface area contributed by atoms with Crippen LogP contribution < -0.4 is 9.46 Å². The Morgan fingerprint density at radius 3 is 2.80 bits per heavy atom. The maximum Gasteiger partial charge on any atom is 0.125 e. The van der Waals surface area contributed by atoms with Gasteiger partial charge in [0.05, 0.1) is 21.8 Å². The zero-order valence-electron chi connectivity index (χ0n) is 11.8. The van der Waals surface area contributed by atoms with Gasteiger partial charge in [-0.05, 0) is 39.0 Å². The molecule has 1 aromatic rings. The quantitative estimate of drug-likeness (QED) is 0.822.